The highest BCUT2D eigenvalue weighted by Gasteiger charge is 2.74. The highest BCUT2D eigenvalue weighted by Crippen LogP contribution is 2.66. The van der Waals surface area contributed by atoms with E-state index >= 15 is 0 Å². The number of methoxy groups -OCH3 is 1. The number of aliphatic hydroxyl groups is 1. The number of thioether (sulfide) groups is 1. The van der Waals surface area contributed by atoms with Crippen LogP contribution in [0.15, 0.2) is 78.9 Å². The summed E-state index contributed by atoms with van der Waals surface area (Å²) in [7, 11) is 1.59. The number of anilines is 1. The molecule has 220 valence electrons. The Morgan fingerprint density at radius 1 is 0.952 bits per heavy atom. The Hall–Kier alpha value is -3.56. The summed E-state index contributed by atoms with van der Waals surface area (Å²) in [5.74, 6) is -1.25. The molecule has 4 aliphatic heterocycles. The smallest absolute Gasteiger partial charge is 0.251 e. The van der Waals surface area contributed by atoms with Gasteiger partial charge in [0.05, 0.1) is 36.3 Å². The Kier molecular flexibility index (Phi) is 7.43. The van der Waals surface area contributed by atoms with Crippen LogP contribution in [-0.2, 0) is 20.9 Å². The summed E-state index contributed by atoms with van der Waals surface area (Å²) in [6.07, 6.45) is 8.56. The number of ether oxygens (including phenoxy) is 1. The van der Waals surface area contributed by atoms with Gasteiger partial charge in [0, 0.05) is 30.1 Å². The molecule has 6 atom stereocenters. The third-order valence-electron chi connectivity index (χ3n) is 9.25. The third-order valence-corrected chi connectivity index (χ3v) is 11.1. The van der Waals surface area contributed by atoms with Gasteiger partial charge in [-0.25, -0.2) is 0 Å². The van der Waals surface area contributed by atoms with Crippen LogP contribution in [0.5, 0.6) is 5.75 Å². The van der Waals surface area contributed by atoms with Crippen LogP contribution >= 0.6 is 11.8 Å². The maximum atomic E-state index is 14.6. The number of hydrogen-bond donors (Lipinski definition) is 1. The molecule has 2 saturated heterocycles. The molecule has 1 unspecified atom stereocenters. The first-order valence-corrected chi connectivity index (χ1v) is 15.4. The number of fused-ring (bicyclic) bond motifs is 2. The second-order valence-electron chi connectivity index (χ2n) is 11.6. The average Bonchev–Trinajstić information content (AvgIpc) is 3.27. The van der Waals surface area contributed by atoms with Gasteiger partial charge in [-0.2, -0.15) is 0 Å². The van der Waals surface area contributed by atoms with Gasteiger partial charge in [0.2, 0.25) is 11.8 Å². The highest BCUT2D eigenvalue weighted by molar-refractivity contribution is 8.02. The Bertz CT molecular complexity index is 1420. The van der Waals surface area contributed by atoms with Gasteiger partial charge in [0.25, 0.3) is 5.91 Å². The first kappa shape index (κ1) is 28.6. The fraction of sp³-hybridized carbons (Fsp3) is 0.424. The predicted octanol–water partition coefficient (Wildman–Crippen LogP) is 3.66. The lowest BCUT2D eigenvalue weighted by Crippen LogP contribution is -2.56. The number of likely N-dealkylation sites (tertiary alicyclic amines) is 1. The monoisotopic (exact) mass is 587 g/mol. The van der Waals surface area contributed by atoms with Crippen LogP contribution in [0.3, 0.4) is 0 Å². The van der Waals surface area contributed by atoms with Crippen molar-refractivity contribution in [3.63, 3.8) is 0 Å². The van der Waals surface area contributed by atoms with Crippen molar-refractivity contribution in [1.82, 2.24) is 9.80 Å². The minimum atomic E-state index is -0.965. The number of rotatable bonds is 7. The van der Waals surface area contributed by atoms with Crippen molar-refractivity contribution >= 4 is 35.2 Å². The normalized spacial score (nSPS) is 31.0. The van der Waals surface area contributed by atoms with Gasteiger partial charge >= 0.3 is 0 Å². The van der Waals surface area contributed by atoms with E-state index in [-0.39, 0.29) is 24.3 Å². The van der Waals surface area contributed by atoms with Crippen LogP contribution in [0, 0.1) is 11.8 Å². The van der Waals surface area contributed by atoms with Crippen LogP contribution in [0.25, 0.3) is 0 Å². The van der Waals surface area contributed by atoms with E-state index in [1.165, 1.54) is 0 Å². The standard InChI is InChI=1S/C33H37N3O5S/c1-4-23(21-37)36-28-31(40)35(24-12-14-25(41-3)15-13-24)19-9-17-33(28)27(30(36)39)26-29(38)34(18-8-16-32(26,2)42-33)20-22-10-6-5-7-11-22/h5-17,23,26-28,37H,4,18-21H2,1-3H3/t23-,26+,27-,28?,32-,33-/m0/s1. The van der Waals surface area contributed by atoms with Crippen molar-refractivity contribution in [3.8, 4) is 5.75 Å². The van der Waals surface area contributed by atoms with Crippen LogP contribution in [-0.4, -0.2) is 81.0 Å². The molecule has 8 nitrogen and oxygen atoms in total. The lowest BCUT2D eigenvalue weighted by molar-refractivity contribution is -0.145. The number of carbonyl (C=O) groups is 3. The van der Waals surface area contributed by atoms with Crippen LogP contribution in [0.4, 0.5) is 5.69 Å². The summed E-state index contributed by atoms with van der Waals surface area (Å²) < 4.78 is 3.66. The van der Waals surface area contributed by atoms with Crippen molar-refractivity contribution in [2.75, 3.05) is 31.7 Å². The molecule has 4 aliphatic rings. The number of carbonyl (C=O) groups excluding carboxylic acids is 3. The van der Waals surface area contributed by atoms with E-state index in [4.69, 9.17) is 4.74 Å². The van der Waals surface area contributed by atoms with Gasteiger partial charge in [-0.05, 0) is 43.2 Å². The number of hydrogen-bond acceptors (Lipinski definition) is 6. The Labute approximate surface area is 251 Å². The van der Waals surface area contributed by atoms with Crippen molar-refractivity contribution in [2.45, 2.75) is 48.4 Å². The van der Waals surface area contributed by atoms with Gasteiger partial charge in [0.15, 0.2) is 0 Å². The molecule has 2 aromatic carbocycles. The SMILES string of the molecule is CC[C@@H](CO)N1C(=O)[C@@H]2[C@@H]3C(=O)N(Cc4ccccc4)CC=C[C@]3(C)S[C@@]23C=CCN(c2ccc(OC)cc2)C(=O)C13. The van der Waals surface area contributed by atoms with E-state index in [9.17, 15) is 19.5 Å². The lowest BCUT2D eigenvalue weighted by atomic mass is 9.74. The van der Waals surface area contributed by atoms with Crippen LogP contribution in [0.1, 0.15) is 25.8 Å². The Balaban J connectivity index is 1.44. The Morgan fingerprint density at radius 2 is 1.67 bits per heavy atom. The molecular formula is C33H37N3O5S. The number of aliphatic hydroxyl groups excluding tert-OH is 1. The van der Waals surface area contributed by atoms with E-state index in [1.807, 2.05) is 91.6 Å². The summed E-state index contributed by atoms with van der Waals surface area (Å²) in [4.78, 5) is 48.8. The first-order valence-electron chi connectivity index (χ1n) is 14.5. The maximum Gasteiger partial charge on any atom is 0.251 e. The molecule has 6 rings (SSSR count). The van der Waals surface area contributed by atoms with Crippen molar-refractivity contribution in [2.24, 2.45) is 11.8 Å². The summed E-state index contributed by atoms with van der Waals surface area (Å²) in [5, 5.41) is 10.4. The van der Waals surface area contributed by atoms with E-state index in [2.05, 4.69) is 6.08 Å². The molecule has 2 fully saturated rings. The second-order valence-corrected chi connectivity index (χ2v) is 13.4. The fourth-order valence-corrected chi connectivity index (χ4v) is 9.40. The third kappa shape index (κ3) is 4.36. The average molecular weight is 588 g/mol. The molecule has 4 heterocycles. The summed E-state index contributed by atoms with van der Waals surface area (Å²) >= 11 is 1.56. The zero-order valence-electron chi connectivity index (χ0n) is 24.2. The van der Waals surface area contributed by atoms with Crippen molar-refractivity contribution < 1.29 is 24.2 Å². The quantitative estimate of drug-likeness (QED) is 0.498. The summed E-state index contributed by atoms with van der Waals surface area (Å²) in [5.41, 5.74) is 1.72. The molecule has 0 aromatic heterocycles. The fourth-order valence-electron chi connectivity index (χ4n) is 7.26. The molecule has 9 heteroatoms. The molecule has 2 aromatic rings. The van der Waals surface area contributed by atoms with E-state index in [1.54, 1.807) is 28.7 Å². The number of nitrogens with zero attached hydrogens (tertiary/aromatic N) is 3. The zero-order valence-corrected chi connectivity index (χ0v) is 25.0. The summed E-state index contributed by atoms with van der Waals surface area (Å²) in [6.45, 7) is 4.90. The van der Waals surface area contributed by atoms with Gasteiger partial charge < -0.3 is 24.5 Å². The number of amides is 3. The predicted molar refractivity (Wildman–Crippen MR) is 163 cm³/mol. The van der Waals surface area contributed by atoms with E-state index in [0.29, 0.717) is 37.5 Å². The maximum absolute atomic E-state index is 14.6. The van der Waals surface area contributed by atoms with Crippen LogP contribution < -0.4 is 9.64 Å². The molecule has 1 N–H and O–H groups in total. The minimum Gasteiger partial charge on any atom is -0.497 e. The Morgan fingerprint density at radius 3 is 2.33 bits per heavy atom. The topological polar surface area (TPSA) is 90.4 Å². The van der Waals surface area contributed by atoms with E-state index in [0.717, 1.165) is 5.56 Å². The largest absolute Gasteiger partial charge is 0.497 e. The van der Waals surface area contributed by atoms with Gasteiger partial charge in [-0.15, -0.1) is 11.8 Å². The molecule has 1 spiro atoms. The lowest BCUT2D eigenvalue weighted by Gasteiger charge is -2.39. The molecule has 0 radical (unpaired) electrons. The van der Waals surface area contributed by atoms with E-state index < -0.39 is 33.4 Å². The first-order chi connectivity index (χ1) is 20.3. The molecular weight excluding hydrogens is 550 g/mol. The second kappa shape index (κ2) is 10.9. The molecule has 0 aliphatic carbocycles. The molecule has 42 heavy (non-hydrogen) atoms. The van der Waals surface area contributed by atoms with Crippen molar-refractivity contribution in [1.29, 1.82) is 0 Å². The number of benzene rings is 2. The van der Waals surface area contributed by atoms with Gasteiger partial charge in [-0.1, -0.05) is 61.6 Å². The molecule has 3 amide bonds. The zero-order chi connectivity index (χ0) is 29.6. The summed E-state index contributed by atoms with van der Waals surface area (Å²) in [6, 6.07) is 15.7. The minimum absolute atomic E-state index is 0.0798. The van der Waals surface area contributed by atoms with Gasteiger partial charge in [0.1, 0.15) is 11.8 Å². The molecule has 0 saturated carbocycles. The highest BCUT2D eigenvalue weighted by atomic mass is 32.2. The van der Waals surface area contributed by atoms with Crippen molar-refractivity contribution in [3.05, 3.63) is 84.5 Å². The van der Waals surface area contributed by atoms with Gasteiger partial charge in [-0.3, -0.25) is 14.4 Å². The molecule has 0 bridgehead atoms. The van der Waals surface area contributed by atoms with Crippen LogP contribution in [0.2, 0.25) is 0 Å².